The summed E-state index contributed by atoms with van der Waals surface area (Å²) in [6, 6.07) is 10.3. The van der Waals surface area contributed by atoms with Crippen LogP contribution in [0.15, 0.2) is 36.4 Å². The number of fused-ring (bicyclic) bond motifs is 1. The highest BCUT2D eigenvalue weighted by molar-refractivity contribution is 5.87. The lowest BCUT2D eigenvalue weighted by atomic mass is 9.62. The monoisotopic (exact) mass is 464 g/mol. The van der Waals surface area contributed by atoms with Gasteiger partial charge in [0.2, 0.25) is 0 Å². The molecular formula is C29H36O5. The normalized spacial score (nSPS) is 16.6. The number of hydrogen-bond donors (Lipinski definition) is 2. The van der Waals surface area contributed by atoms with Crippen LogP contribution in [-0.2, 0) is 15.6 Å². The molecule has 0 aliphatic heterocycles. The summed E-state index contributed by atoms with van der Waals surface area (Å²) in [7, 11) is 0. The van der Waals surface area contributed by atoms with Crippen molar-refractivity contribution in [3.05, 3.63) is 64.2 Å². The van der Waals surface area contributed by atoms with Gasteiger partial charge in [-0.15, -0.1) is 0 Å². The fourth-order valence-electron chi connectivity index (χ4n) is 4.44. The Kier molecular flexibility index (Phi) is 8.07. The number of rotatable bonds is 8. The molecule has 0 amide bonds. The van der Waals surface area contributed by atoms with Crippen molar-refractivity contribution in [2.24, 2.45) is 0 Å². The number of aliphatic hydroxyl groups is 1. The molecule has 5 heteroatoms. The van der Waals surface area contributed by atoms with Crippen LogP contribution in [0.5, 0.6) is 5.75 Å². The van der Waals surface area contributed by atoms with Gasteiger partial charge < -0.3 is 19.7 Å². The van der Waals surface area contributed by atoms with E-state index in [9.17, 15) is 9.90 Å². The predicted octanol–water partition coefficient (Wildman–Crippen LogP) is 5.62. The smallest absolute Gasteiger partial charge is 0.335 e. The zero-order valence-corrected chi connectivity index (χ0v) is 20.9. The Hall–Kier alpha value is -2.81. The van der Waals surface area contributed by atoms with Crippen molar-refractivity contribution in [3.63, 3.8) is 0 Å². The van der Waals surface area contributed by atoms with Crippen LogP contribution in [0.3, 0.4) is 0 Å². The van der Waals surface area contributed by atoms with Gasteiger partial charge in [0.15, 0.2) is 0 Å². The fraction of sp³-hybridized carbons (Fsp3) is 0.483. The van der Waals surface area contributed by atoms with E-state index >= 15 is 0 Å². The first kappa shape index (κ1) is 25.8. The molecule has 0 saturated carbocycles. The van der Waals surface area contributed by atoms with Crippen molar-refractivity contribution < 1.29 is 24.5 Å². The van der Waals surface area contributed by atoms with Crippen molar-refractivity contribution in [2.45, 2.75) is 70.8 Å². The number of aromatic carboxylic acids is 1. The summed E-state index contributed by atoms with van der Waals surface area (Å²) in [4.78, 5) is 11.0. The van der Waals surface area contributed by atoms with E-state index in [1.54, 1.807) is 12.1 Å². The SMILES string of the molecule is CCOCCCOc1cc(C(O)C#Cc2ccc(C(=O)O)cc2)cc2c1C(C)(C)CCC2(C)C. The van der Waals surface area contributed by atoms with Gasteiger partial charge in [-0.3, -0.25) is 0 Å². The van der Waals surface area contributed by atoms with Gasteiger partial charge in [0, 0.05) is 30.8 Å². The molecule has 1 aliphatic rings. The Bertz CT molecular complexity index is 1070. The van der Waals surface area contributed by atoms with Crippen LogP contribution in [0, 0.1) is 11.8 Å². The zero-order chi connectivity index (χ0) is 24.9. The third kappa shape index (κ3) is 6.00. The molecule has 0 fully saturated rings. The largest absolute Gasteiger partial charge is 0.493 e. The van der Waals surface area contributed by atoms with Gasteiger partial charge >= 0.3 is 5.97 Å². The van der Waals surface area contributed by atoms with Crippen molar-refractivity contribution in [1.82, 2.24) is 0 Å². The van der Waals surface area contributed by atoms with E-state index in [0.717, 1.165) is 25.0 Å². The molecule has 34 heavy (non-hydrogen) atoms. The van der Waals surface area contributed by atoms with Crippen molar-refractivity contribution in [3.8, 4) is 17.6 Å². The fourth-order valence-corrected chi connectivity index (χ4v) is 4.44. The quantitative estimate of drug-likeness (QED) is 0.391. The minimum absolute atomic E-state index is 0.0266. The van der Waals surface area contributed by atoms with E-state index in [0.29, 0.717) is 30.9 Å². The van der Waals surface area contributed by atoms with Crippen LogP contribution in [0.25, 0.3) is 0 Å². The number of carboxylic acids is 1. The lowest BCUT2D eigenvalue weighted by Gasteiger charge is -2.43. The highest BCUT2D eigenvalue weighted by atomic mass is 16.5. The second-order valence-electron chi connectivity index (χ2n) is 10.2. The van der Waals surface area contributed by atoms with E-state index in [2.05, 4.69) is 45.6 Å². The minimum Gasteiger partial charge on any atom is -0.493 e. The average Bonchev–Trinajstić information content (AvgIpc) is 2.80. The second-order valence-corrected chi connectivity index (χ2v) is 10.2. The standard InChI is InChI=1S/C29H36O5/c1-6-33-16-7-17-34-25-19-22(18-23-26(25)29(4,5)15-14-28(23,2)3)24(30)13-10-20-8-11-21(12-9-20)27(31)32/h8-9,11-12,18-19,24,30H,6-7,14-17H2,1-5H3,(H,31,32). The number of benzene rings is 2. The highest BCUT2D eigenvalue weighted by Crippen LogP contribution is 2.50. The van der Waals surface area contributed by atoms with E-state index in [-0.39, 0.29) is 16.4 Å². The van der Waals surface area contributed by atoms with Crippen molar-refractivity contribution in [1.29, 1.82) is 0 Å². The van der Waals surface area contributed by atoms with Crippen molar-refractivity contribution >= 4 is 5.97 Å². The van der Waals surface area contributed by atoms with Crippen molar-refractivity contribution in [2.75, 3.05) is 19.8 Å². The summed E-state index contributed by atoms with van der Waals surface area (Å²) < 4.78 is 11.7. The van der Waals surface area contributed by atoms with Gasteiger partial charge in [-0.1, -0.05) is 45.6 Å². The molecular weight excluding hydrogens is 428 g/mol. The number of carboxylic acid groups (broad SMARTS) is 1. The first-order valence-corrected chi connectivity index (χ1v) is 12.0. The molecule has 3 rings (SSSR count). The van der Waals surface area contributed by atoms with E-state index < -0.39 is 12.1 Å². The predicted molar refractivity (Wildman–Crippen MR) is 134 cm³/mol. The molecule has 1 unspecified atom stereocenters. The Morgan fingerprint density at radius 2 is 1.74 bits per heavy atom. The van der Waals surface area contributed by atoms with Gasteiger partial charge in [-0.2, -0.15) is 0 Å². The summed E-state index contributed by atoms with van der Waals surface area (Å²) >= 11 is 0. The molecule has 2 N–H and O–H groups in total. The van der Waals surface area contributed by atoms with Crippen LogP contribution >= 0.6 is 0 Å². The van der Waals surface area contributed by atoms with E-state index in [4.69, 9.17) is 14.6 Å². The maximum atomic E-state index is 11.0. The molecule has 0 radical (unpaired) electrons. The summed E-state index contributed by atoms with van der Waals surface area (Å²) in [6.45, 7) is 12.9. The molecule has 0 heterocycles. The third-order valence-corrected chi connectivity index (χ3v) is 6.60. The first-order valence-electron chi connectivity index (χ1n) is 12.0. The third-order valence-electron chi connectivity index (χ3n) is 6.60. The summed E-state index contributed by atoms with van der Waals surface area (Å²) in [5, 5.41) is 20.0. The van der Waals surface area contributed by atoms with Gasteiger partial charge in [0.1, 0.15) is 11.9 Å². The molecule has 0 saturated heterocycles. The van der Waals surface area contributed by atoms with Crippen LogP contribution in [-0.4, -0.2) is 36.0 Å². The summed E-state index contributed by atoms with van der Waals surface area (Å²) in [5.41, 5.74) is 3.92. The Morgan fingerprint density at radius 3 is 2.38 bits per heavy atom. The molecule has 2 aromatic carbocycles. The topological polar surface area (TPSA) is 76.0 Å². The maximum Gasteiger partial charge on any atom is 0.335 e. The van der Waals surface area contributed by atoms with Crippen LogP contribution < -0.4 is 4.74 Å². The lowest BCUT2D eigenvalue weighted by Crippen LogP contribution is -2.34. The summed E-state index contributed by atoms with van der Waals surface area (Å²) in [6.07, 6.45) is 1.93. The molecule has 0 aromatic heterocycles. The number of aliphatic hydroxyl groups excluding tert-OH is 1. The average molecular weight is 465 g/mol. The molecule has 5 nitrogen and oxygen atoms in total. The van der Waals surface area contributed by atoms with Crippen LogP contribution in [0.2, 0.25) is 0 Å². The molecule has 0 bridgehead atoms. The lowest BCUT2D eigenvalue weighted by molar-refractivity contribution is 0.0697. The van der Waals surface area contributed by atoms with E-state index in [1.165, 1.54) is 23.3 Å². The minimum atomic E-state index is -0.990. The van der Waals surface area contributed by atoms with Crippen LogP contribution in [0.1, 0.15) is 92.6 Å². The number of ether oxygens (including phenoxy) is 2. The summed E-state index contributed by atoms with van der Waals surface area (Å²) in [5.74, 6) is 5.71. The maximum absolute atomic E-state index is 11.0. The van der Waals surface area contributed by atoms with Gasteiger partial charge in [-0.05, 0) is 72.1 Å². The van der Waals surface area contributed by atoms with Gasteiger partial charge in [0.25, 0.3) is 0 Å². The number of carbonyl (C=O) groups is 1. The molecule has 182 valence electrons. The Morgan fingerprint density at radius 1 is 1.06 bits per heavy atom. The number of hydrogen-bond acceptors (Lipinski definition) is 4. The first-order chi connectivity index (χ1) is 16.0. The highest BCUT2D eigenvalue weighted by Gasteiger charge is 2.40. The molecule has 0 spiro atoms. The zero-order valence-electron chi connectivity index (χ0n) is 20.9. The van der Waals surface area contributed by atoms with Crippen LogP contribution in [0.4, 0.5) is 0 Å². The van der Waals surface area contributed by atoms with Gasteiger partial charge in [0.05, 0.1) is 12.2 Å². The molecule has 2 aromatic rings. The van der Waals surface area contributed by atoms with Gasteiger partial charge in [-0.25, -0.2) is 4.79 Å². The Labute approximate surface area is 203 Å². The van der Waals surface area contributed by atoms with E-state index in [1.807, 2.05) is 13.0 Å². The second kappa shape index (κ2) is 10.6. The molecule has 1 atom stereocenters. The Balaban J connectivity index is 1.94. The molecule has 1 aliphatic carbocycles.